The Balaban J connectivity index is 2.26. The first-order valence-corrected chi connectivity index (χ1v) is 7.94. The average molecular weight is 418 g/mol. The van der Waals surface area contributed by atoms with Crippen molar-refractivity contribution in [3.63, 3.8) is 0 Å². The van der Waals surface area contributed by atoms with E-state index in [0.717, 1.165) is 14.7 Å². The highest BCUT2D eigenvalue weighted by atomic mass is 127. The van der Waals surface area contributed by atoms with E-state index < -0.39 is 5.91 Å². The van der Waals surface area contributed by atoms with Crippen molar-refractivity contribution in [2.24, 2.45) is 0 Å². The van der Waals surface area contributed by atoms with Crippen molar-refractivity contribution in [3.8, 4) is 11.8 Å². The highest BCUT2D eigenvalue weighted by Gasteiger charge is 2.10. The van der Waals surface area contributed by atoms with Gasteiger partial charge in [-0.05, 0) is 77.0 Å². The van der Waals surface area contributed by atoms with Gasteiger partial charge in [-0.15, -0.1) is 0 Å². The van der Waals surface area contributed by atoms with Gasteiger partial charge in [-0.2, -0.15) is 5.26 Å². The van der Waals surface area contributed by atoms with Crippen LogP contribution in [0.1, 0.15) is 11.1 Å². The van der Waals surface area contributed by atoms with E-state index in [-0.39, 0.29) is 5.57 Å². The summed E-state index contributed by atoms with van der Waals surface area (Å²) in [6, 6.07) is 14.9. The molecular formula is C18H15IN2O2. The van der Waals surface area contributed by atoms with Crippen LogP contribution in [0.15, 0.2) is 48.0 Å². The first-order valence-electron chi connectivity index (χ1n) is 6.86. The van der Waals surface area contributed by atoms with Gasteiger partial charge < -0.3 is 10.1 Å². The van der Waals surface area contributed by atoms with E-state index in [1.54, 1.807) is 25.3 Å². The van der Waals surface area contributed by atoms with Gasteiger partial charge in [-0.25, -0.2) is 0 Å². The molecule has 5 heteroatoms. The number of benzene rings is 2. The molecule has 116 valence electrons. The van der Waals surface area contributed by atoms with Gasteiger partial charge in [0, 0.05) is 9.26 Å². The highest BCUT2D eigenvalue weighted by Crippen LogP contribution is 2.21. The smallest absolute Gasteiger partial charge is 0.266 e. The van der Waals surface area contributed by atoms with E-state index in [1.807, 2.05) is 43.3 Å². The van der Waals surface area contributed by atoms with E-state index in [4.69, 9.17) is 4.74 Å². The van der Waals surface area contributed by atoms with Crippen LogP contribution in [0.4, 0.5) is 5.69 Å². The van der Waals surface area contributed by atoms with Crippen LogP contribution in [0.25, 0.3) is 6.08 Å². The third-order valence-electron chi connectivity index (χ3n) is 3.08. The average Bonchev–Trinajstić information content (AvgIpc) is 2.51. The quantitative estimate of drug-likeness (QED) is 0.461. The standard InChI is InChI=1S/C18H15IN2O2/c1-12-4-3-5-16(6-12)21-18(22)14(11-20)7-13-8-15(19)10-17(9-13)23-2/h3-10H,1-2H3,(H,21,22)/b14-7+. The molecule has 0 fully saturated rings. The summed E-state index contributed by atoms with van der Waals surface area (Å²) in [4.78, 5) is 12.3. The van der Waals surface area contributed by atoms with Gasteiger partial charge in [0.1, 0.15) is 17.4 Å². The molecule has 1 amide bonds. The minimum absolute atomic E-state index is 0.0376. The SMILES string of the molecule is COc1cc(I)cc(/C=C(\C#N)C(=O)Nc2cccc(C)c2)c1. The second kappa shape index (κ2) is 7.79. The summed E-state index contributed by atoms with van der Waals surface area (Å²) in [6.45, 7) is 1.94. The van der Waals surface area contributed by atoms with Gasteiger partial charge in [0.2, 0.25) is 0 Å². The number of amides is 1. The zero-order valence-corrected chi connectivity index (χ0v) is 14.9. The fourth-order valence-electron chi connectivity index (χ4n) is 2.02. The number of carbonyl (C=O) groups is 1. The molecular weight excluding hydrogens is 403 g/mol. The van der Waals surface area contributed by atoms with Gasteiger partial charge in [0.25, 0.3) is 5.91 Å². The Morgan fingerprint density at radius 1 is 1.30 bits per heavy atom. The third kappa shape index (κ3) is 4.83. The second-order valence-electron chi connectivity index (χ2n) is 4.92. The topological polar surface area (TPSA) is 62.1 Å². The van der Waals surface area contributed by atoms with Crippen molar-refractivity contribution in [1.29, 1.82) is 5.26 Å². The molecule has 0 heterocycles. The number of nitriles is 1. The molecule has 23 heavy (non-hydrogen) atoms. The summed E-state index contributed by atoms with van der Waals surface area (Å²) in [5.41, 5.74) is 2.48. The minimum atomic E-state index is -0.434. The molecule has 2 aromatic carbocycles. The monoisotopic (exact) mass is 418 g/mol. The molecule has 0 saturated heterocycles. The van der Waals surface area contributed by atoms with E-state index in [9.17, 15) is 10.1 Å². The van der Waals surface area contributed by atoms with Crippen LogP contribution in [0.2, 0.25) is 0 Å². The Morgan fingerprint density at radius 3 is 2.74 bits per heavy atom. The number of nitrogens with zero attached hydrogens (tertiary/aromatic N) is 1. The Kier molecular flexibility index (Phi) is 5.77. The second-order valence-corrected chi connectivity index (χ2v) is 6.16. The lowest BCUT2D eigenvalue weighted by atomic mass is 10.1. The fraction of sp³-hybridized carbons (Fsp3) is 0.111. The van der Waals surface area contributed by atoms with Crippen molar-refractivity contribution >= 4 is 40.3 Å². The third-order valence-corrected chi connectivity index (χ3v) is 3.70. The number of halogens is 1. The zero-order valence-electron chi connectivity index (χ0n) is 12.8. The maximum atomic E-state index is 12.3. The predicted molar refractivity (Wildman–Crippen MR) is 99.1 cm³/mol. The number of anilines is 1. The van der Waals surface area contributed by atoms with Gasteiger partial charge in [-0.3, -0.25) is 4.79 Å². The summed E-state index contributed by atoms with van der Waals surface area (Å²) >= 11 is 2.16. The Bertz CT molecular complexity index is 807. The van der Waals surface area contributed by atoms with E-state index >= 15 is 0 Å². The lowest BCUT2D eigenvalue weighted by Gasteiger charge is -2.06. The molecule has 0 spiro atoms. The largest absolute Gasteiger partial charge is 0.497 e. The van der Waals surface area contributed by atoms with E-state index in [0.29, 0.717) is 11.4 Å². The highest BCUT2D eigenvalue weighted by molar-refractivity contribution is 14.1. The minimum Gasteiger partial charge on any atom is -0.497 e. The summed E-state index contributed by atoms with van der Waals surface area (Å²) in [5, 5.41) is 12.0. The first kappa shape index (κ1) is 17.0. The van der Waals surface area contributed by atoms with Gasteiger partial charge in [-0.1, -0.05) is 12.1 Å². The number of ether oxygens (including phenoxy) is 1. The number of methoxy groups -OCH3 is 1. The summed E-state index contributed by atoms with van der Waals surface area (Å²) in [6.07, 6.45) is 1.55. The molecule has 0 aliphatic heterocycles. The number of hydrogen-bond donors (Lipinski definition) is 1. The van der Waals surface area contributed by atoms with Crippen LogP contribution in [0, 0.1) is 21.8 Å². The van der Waals surface area contributed by atoms with Crippen LogP contribution in [0.3, 0.4) is 0 Å². The van der Waals surface area contributed by atoms with Crippen LogP contribution >= 0.6 is 22.6 Å². The lowest BCUT2D eigenvalue weighted by molar-refractivity contribution is -0.112. The van der Waals surface area contributed by atoms with Gasteiger partial charge in [0.05, 0.1) is 7.11 Å². The first-order chi connectivity index (χ1) is 11.0. The molecule has 1 N–H and O–H groups in total. The molecule has 0 unspecified atom stereocenters. The predicted octanol–water partition coefficient (Wildman–Crippen LogP) is 4.15. The molecule has 0 aromatic heterocycles. The summed E-state index contributed by atoms with van der Waals surface area (Å²) in [5.74, 6) is 0.246. The van der Waals surface area contributed by atoms with Crippen molar-refractivity contribution < 1.29 is 9.53 Å². The van der Waals surface area contributed by atoms with Gasteiger partial charge in [0.15, 0.2) is 0 Å². The van der Waals surface area contributed by atoms with Crippen LogP contribution in [-0.2, 0) is 4.79 Å². The molecule has 0 aliphatic rings. The number of hydrogen-bond acceptors (Lipinski definition) is 3. The Hall–Kier alpha value is -2.33. The summed E-state index contributed by atoms with van der Waals surface area (Å²) < 4.78 is 6.17. The molecule has 0 saturated carbocycles. The zero-order chi connectivity index (χ0) is 16.8. The van der Waals surface area contributed by atoms with Crippen molar-refractivity contribution in [3.05, 3.63) is 62.7 Å². The molecule has 0 bridgehead atoms. The number of nitrogens with one attached hydrogen (secondary N) is 1. The number of aryl methyl sites for hydroxylation is 1. The fourth-order valence-corrected chi connectivity index (χ4v) is 2.69. The molecule has 0 atom stereocenters. The Morgan fingerprint density at radius 2 is 2.09 bits per heavy atom. The van der Waals surface area contributed by atoms with E-state index in [1.165, 1.54) is 0 Å². The molecule has 2 rings (SSSR count). The molecule has 2 aromatic rings. The lowest BCUT2D eigenvalue weighted by Crippen LogP contribution is -2.13. The number of carbonyl (C=O) groups excluding carboxylic acids is 1. The summed E-state index contributed by atoms with van der Waals surface area (Å²) in [7, 11) is 1.58. The van der Waals surface area contributed by atoms with E-state index in [2.05, 4.69) is 27.9 Å². The van der Waals surface area contributed by atoms with Crippen LogP contribution in [0.5, 0.6) is 5.75 Å². The van der Waals surface area contributed by atoms with Crippen molar-refractivity contribution in [2.75, 3.05) is 12.4 Å². The van der Waals surface area contributed by atoms with Crippen molar-refractivity contribution in [1.82, 2.24) is 0 Å². The molecule has 4 nitrogen and oxygen atoms in total. The van der Waals surface area contributed by atoms with Crippen LogP contribution in [-0.4, -0.2) is 13.0 Å². The maximum Gasteiger partial charge on any atom is 0.266 e. The Labute approximate surface area is 148 Å². The van der Waals surface area contributed by atoms with Gasteiger partial charge >= 0.3 is 0 Å². The molecule has 0 radical (unpaired) electrons. The number of rotatable bonds is 4. The normalized spacial score (nSPS) is 10.8. The van der Waals surface area contributed by atoms with Crippen LogP contribution < -0.4 is 10.1 Å². The van der Waals surface area contributed by atoms with Crippen molar-refractivity contribution in [2.45, 2.75) is 6.92 Å². The maximum absolute atomic E-state index is 12.3. The molecule has 0 aliphatic carbocycles.